The zero-order valence-corrected chi connectivity index (χ0v) is 19.5. The number of rotatable bonds is 6. The zero-order valence-electron chi connectivity index (χ0n) is 19.5. The van der Waals surface area contributed by atoms with Crippen LogP contribution >= 0.6 is 0 Å². The van der Waals surface area contributed by atoms with Gasteiger partial charge in [0.2, 0.25) is 0 Å². The summed E-state index contributed by atoms with van der Waals surface area (Å²) in [6.45, 7) is 10.5. The number of allylic oxidation sites excluding steroid dienone is 2. The van der Waals surface area contributed by atoms with Crippen molar-refractivity contribution in [3.63, 3.8) is 0 Å². The summed E-state index contributed by atoms with van der Waals surface area (Å²) in [5.74, 6) is 0.0594. The van der Waals surface area contributed by atoms with Crippen molar-refractivity contribution in [3.05, 3.63) is 96.1 Å². The lowest BCUT2D eigenvalue weighted by atomic mass is 9.98. The smallest absolute Gasteiger partial charge is 0.115 e. The predicted molar refractivity (Wildman–Crippen MR) is 137 cm³/mol. The van der Waals surface area contributed by atoms with E-state index < -0.39 is 0 Å². The summed E-state index contributed by atoms with van der Waals surface area (Å²) < 4.78 is 2.20. The maximum atomic E-state index is 9.69. The summed E-state index contributed by atoms with van der Waals surface area (Å²) in [7, 11) is 1.82. The normalized spacial score (nSPS) is 11.6. The fraction of sp³-hybridized carbons (Fsp3) is 0.179. The van der Waals surface area contributed by atoms with Crippen LogP contribution in [0.1, 0.15) is 37.6 Å². The molecule has 5 nitrogen and oxygen atoms in total. The van der Waals surface area contributed by atoms with Gasteiger partial charge < -0.3 is 9.67 Å². The number of aliphatic hydroxyl groups is 1. The van der Waals surface area contributed by atoms with Crippen molar-refractivity contribution in [3.8, 4) is 11.1 Å². The molecule has 0 saturated heterocycles. The van der Waals surface area contributed by atoms with Crippen molar-refractivity contribution in [2.24, 2.45) is 4.99 Å². The lowest BCUT2D eigenvalue weighted by Crippen LogP contribution is -2.02. The second-order valence-electron chi connectivity index (χ2n) is 8.29. The highest BCUT2D eigenvalue weighted by molar-refractivity contribution is 6.23. The van der Waals surface area contributed by atoms with Crippen molar-refractivity contribution in [1.82, 2.24) is 14.5 Å². The second-order valence-corrected chi connectivity index (χ2v) is 8.29. The molecule has 3 heterocycles. The van der Waals surface area contributed by atoms with E-state index in [2.05, 4.69) is 47.2 Å². The molecule has 0 spiro atoms. The van der Waals surface area contributed by atoms with E-state index in [1.165, 1.54) is 5.57 Å². The van der Waals surface area contributed by atoms with Gasteiger partial charge in [0.05, 0.1) is 23.3 Å². The molecule has 0 atom stereocenters. The molecular weight excluding hydrogens is 408 g/mol. The number of nitrogens with zero attached hydrogens (tertiary/aromatic N) is 4. The van der Waals surface area contributed by atoms with Crippen LogP contribution in [0.3, 0.4) is 0 Å². The monoisotopic (exact) mass is 436 g/mol. The van der Waals surface area contributed by atoms with E-state index in [0.717, 1.165) is 44.7 Å². The molecule has 0 unspecified atom stereocenters. The minimum atomic E-state index is 0.0594. The highest BCUT2D eigenvalue weighted by Gasteiger charge is 2.16. The summed E-state index contributed by atoms with van der Waals surface area (Å²) >= 11 is 0. The van der Waals surface area contributed by atoms with Gasteiger partial charge in [0, 0.05) is 53.6 Å². The maximum Gasteiger partial charge on any atom is 0.115 e. The number of hydrogen-bond donors (Lipinski definition) is 1. The van der Waals surface area contributed by atoms with Crippen LogP contribution in [0.15, 0.2) is 84.3 Å². The van der Waals surface area contributed by atoms with Gasteiger partial charge in [-0.15, -0.1) is 0 Å². The SMILES string of the molecule is C=C(O)c1ccc(-c2cn(Cc3ccccn3)c3cc(C(C(C)=NC)=C(C)C)cnc23)cc1. The molecule has 4 rings (SSSR count). The number of aliphatic imine (C=N–C) groups is 1. The molecule has 1 aromatic carbocycles. The van der Waals surface area contributed by atoms with Crippen LogP contribution in [0.2, 0.25) is 0 Å². The van der Waals surface area contributed by atoms with Crippen LogP contribution in [-0.4, -0.2) is 32.4 Å². The Labute approximate surface area is 194 Å². The van der Waals surface area contributed by atoms with E-state index in [-0.39, 0.29) is 5.76 Å². The first-order valence-electron chi connectivity index (χ1n) is 10.9. The van der Waals surface area contributed by atoms with Crippen molar-refractivity contribution < 1.29 is 5.11 Å². The molecule has 166 valence electrons. The van der Waals surface area contributed by atoms with Gasteiger partial charge in [-0.1, -0.05) is 42.5 Å². The van der Waals surface area contributed by atoms with Crippen LogP contribution in [0.5, 0.6) is 0 Å². The Kier molecular flexibility index (Phi) is 6.22. The topological polar surface area (TPSA) is 63.3 Å². The third-order valence-corrected chi connectivity index (χ3v) is 5.79. The molecule has 0 fully saturated rings. The summed E-state index contributed by atoms with van der Waals surface area (Å²) in [5.41, 5.74) is 10.0. The van der Waals surface area contributed by atoms with Crippen LogP contribution in [0.4, 0.5) is 0 Å². The Bertz CT molecular complexity index is 1370. The largest absolute Gasteiger partial charge is 0.508 e. The van der Waals surface area contributed by atoms with Crippen molar-refractivity contribution >= 4 is 28.1 Å². The van der Waals surface area contributed by atoms with Gasteiger partial charge in [0.1, 0.15) is 5.76 Å². The molecule has 0 aliphatic rings. The third kappa shape index (κ3) is 4.48. The Hall–Kier alpha value is -3.99. The number of benzene rings is 1. The molecule has 0 bridgehead atoms. The fourth-order valence-electron chi connectivity index (χ4n) is 4.12. The molecule has 3 aromatic heterocycles. The molecule has 0 saturated carbocycles. The number of fused-ring (bicyclic) bond motifs is 1. The minimum absolute atomic E-state index is 0.0594. The summed E-state index contributed by atoms with van der Waals surface area (Å²) in [5, 5.41) is 9.69. The lowest BCUT2D eigenvalue weighted by molar-refractivity contribution is 0.514. The van der Waals surface area contributed by atoms with Gasteiger partial charge in [-0.25, -0.2) is 0 Å². The highest BCUT2D eigenvalue weighted by Crippen LogP contribution is 2.33. The van der Waals surface area contributed by atoms with E-state index in [4.69, 9.17) is 4.98 Å². The standard InChI is InChI=1S/C28H28N4O/c1-18(2)27(19(3)29-5)23-14-26-28(31-15-23)25(22-11-9-21(10-12-22)20(4)33)17-32(26)16-24-8-6-7-13-30-24/h6-15,17,33H,4,16H2,1-3,5H3. The van der Waals surface area contributed by atoms with Gasteiger partial charge in [0.15, 0.2) is 0 Å². The Morgan fingerprint density at radius 3 is 2.39 bits per heavy atom. The average molecular weight is 437 g/mol. The van der Waals surface area contributed by atoms with E-state index in [1.54, 1.807) is 0 Å². The third-order valence-electron chi connectivity index (χ3n) is 5.79. The minimum Gasteiger partial charge on any atom is -0.508 e. The number of pyridine rings is 2. The van der Waals surface area contributed by atoms with Gasteiger partial charge in [-0.3, -0.25) is 15.0 Å². The predicted octanol–water partition coefficient (Wildman–Crippen LogP) is 6.56. The van der Waals surface area contributed by atoms with E-state index in [0.29, 0.717) is 12.1 Å². The molecule has 4 aromatic rings. The van der Waals surface area contributed by atoms with Gasteiger partial charge in [0.25, 0.3) is 0 Å². The Balaban J connectivity index is 1.91. The molecule has 0 aliphatic heterocycles. The first-order chi connectivity index (χ1) is 15.9. The van der Waals surface area contributed by atoms with Gasteiger partial charge >= 0.3 is 0 Å². The maximum absolute atomic E-state index is 9.69. The van der Waals surface area contributed by atoms with E-state index in [9.17, 15) is 5.11 Å². The molecule has 33 heavy (non-hydrogen) atoms. The number of hydrogen-bond acceptors (Lipinski definition) is 4. The fourth-order valence-corrected chi connectivity index (χ4v) is 4.12. The van der Waals surface area contributed by atoms with Crippen molar-refractivity contribution in [1.29, 1.82) is 0 Å². The molecule has 0 aliphatic carbocycles. The van der Waals surface area contributed by atoms with Gasteiger partial charge in [-0.2, -0.15) is 0 Å². The first-order valence-corrected chi connectivity index (χ1v) is 10.9. The average Bonchev–Trinajstić information content (AvgIpc) is 3.17. The van der Waals surface area contributed by atoms with Crippen LogP contribution in [0.25, 0.3) is 33.5 Å². The van der Waals surface area contributed by atoms with Crippen molar-refractivity contribution in [2.75, 3.05) is 7.05 Å². The lowest BCUT2D eigenvalue weighted by Gasteiger charge is -2.11. The van der Waals surface area contributed by atoms with Crippen LogP contribution in [-0.2, 0) is 6.54 Å². The summed E-state index contributed by atoms with van der Waals surface area (Å²) in [6.07, 6.45) is 5.87. The van der Waals surface area contributed by atoms with Crippen molar-refractivity contribution in [2.45, 2.75) is 27.3 Å². The zero-order chi connectivity index (χ0) is 23.5. The highest BCUT2D eigenvalue weighted by atomic mass is 16.3. The molecule has 0 amide bonds. The van der Waals surface area contributed by atoms with Crippen LogP contribution in [0, 0.1) is 0 Å². The summed E-state index contributed by atoms with van der Waals surface area (Å²) in [6, 6.07) is 15.9. The van der Waals surface area contributed by atoms with E-state index in [1.807, 2.05) is 68.8 Å². The molecular formula is C28H28N4O. The summed E-state index contributed by atoms with van der Waals surface area (Å²) in [4.78, 5) is 13.8. The first kappa shape index (κ1) is 22.2. The molecule has 5 heteroatoms. The molecule has 1 N–H and O–H groups in total. The van der Waals surface area contributed by atoms with E-state index >= 15 is 0 Å². The van der Waals surface area contributed by atoms with Gasteiger partial charge in [-0.05, 0) is 44.5 Å². The second kappa shape index (κ2) is 9.25. The van der Waals surface area contributed by atoms with Crippen LogP contribution < -0.4 is 0 Å². The quantitative estimate of drug-likeness (QED) is 0.275. The Morgan fingerprint density at radius 2 is 1.79 bits per heavy atom. The molecule has 0 radical (unpaired) electrons. The number of aliphatic hydroxyl groups excluding tert-OH is 1. The Morgan fingerprint density at radius 1 is 1.03 bits per heavy atom. The number of aromatic nitrogens is 3.